The first-order valence-corrected chi connectivity index (χ1v) is 5.87. The quantitative estimate of drug-likeness (QED) is 0.777. The van der Waals surface area contributed by atoms with Gasteiger partial charge in [0.25, 0.3) is 0 Å². The van der Waals surface area contributed by atoms with Crippen molar-refractivity contribution >= 4 is 6.29 Å². The molecule has 4 heteroatoms. The molecule has 4 nitrogen and oxygen atoms in total. The van der Waals surface area contributed by atoms with Crippen LogP contribution in [0.3, 0.4) is 0 Å². The van der Waals surface area contributed by atoms with Gasteiger partial charge in [0.2, 0.25) is 0 Å². The van der Waals surface area contributed by atoms with Crippen molar-refractivity contribution in [2.24, 2.45) is 0 Å². The van der Waals surface area contributed by atoms with Crippen LogP contribution in [0.5, 0.6) is 5.75 Å². The first kappa shape index (κ1) is 12.4. The Balaban J connectivity index is 2.50. The third-order valence-corrected chi connectivity index (χ3v) is 2.94. The maximum atomic E-state index is 11.0. The van der Waals surface area contributed by atoms with Crippen LogP contribution in [0.25, 0.3) is 11.1 Å². The minimum absolute atomic E-state index is 0.554. The highest BCUT2D eigenvalue weighted by Crippen LogP contribution is 2.27. The third-order valence-electron chi connectivity index (χ3n) is 2.94. The molecule has 0 N–H and O–H groups in total. The van der Waals surface area contributed by atoms with Gasteiger partial charge in [0, 0.05) is 18.3 Å². The number of hydrogen-bond donors (Lipinski definition) is 0. The van der Waals surface area contributed by atoms with Crippen molar-refractivity contribution in [1.82, 2.24) is 9.78 Å². The number of hydrogen-bond acceptors (Lipinski definition) is 3. The van der Waals surface area contributed by atoms with Gasteiger partial charge in [-0.1, -0.05) is 6.07 Å². The Morgan fingerprint density at radius 3 is 2.78 bits per heavy atom. The first-order chi connectivity index (χ1) is 8.69. The Bertz CT molecular complexity index is 573. The van der Waals surface area contributed by atoms with E-state index in [2.05, 4.69) is 5.10 Å². The minimum atomic E-state index is 0.554. The summed E-state index contributed by atoms with van der Waals surface area (Å²) in [6.45, 7) is 4.84. The molecule has 0 bridgehead atoms. The smallest absolute Gasteiger partial charge is 0.153 e. The maximum Gasteiger partial charge on any atom is 0.153 e. The second kappa shape index (κ2) is 5.04. The molecule has 0 unspecified atom stereocenters. The van der Waals surface area contributed by atoms with Gasteiger partial charge in [0.1, 0.15) is 5.75 Å². The topological polar surface area (TPSA) is 44.1 Å². The van der Waals surface area contributed by atoms with Crippen LogP contribution in [0.2, 0.25) is 0 Å². The van der Waals surface area contributed by atoms with Crippen molar-refractivity contribution < 1.29 is 9.53 Å². The van der Waals surface area contributed by atoms with Crippen molar-refractivity contribution in [3.63, 3.8) is 0 Å². The number of rotatable bonds is 4. The molecule has 0 aliphatic heterocycles. The summed E-state index contributed by atoms with van der Waals surface area (Å²) in [5.74, 6) is 0.592. The van der Waals surface area contributed by atoms with E-state index in [4.69, 9.17) is 4.74 Å². The van der Waals surface area contributed by atoms with Gasteiger partial charge >= 0.3 is 0 Å². The Labute approximate surface area is 106 Å². The molecule has 18 heavy (non-hydrogen) atoms. The zero-order valence-corrected chi connectivity index (χ0v) is 10.8. The van der Waals surface area contributed by atoms with Crippen LogP contribution >= 0.6 is 0 Å². The molecule has 0 aliphatic rings. The van der Waals surface area contributed by atoms with E-state index in [0.29, 0.717) is 11.3 Å². The van der Waals surface area contributed by atoms with Gasteiger partial charge in [-0.05, 0) is 31.5 Å². The van der Waals surface area contributed by atoms with Crippen LogP contribution in [-0.4, -0.2) is 23.2 Å². The highest BCUT2D eigenvalue weighted by atomic mass is 16.5. The second-order valence-corrected chi connectivity index (χ2v) is 4.06. The van der Waals surface area contributed by atoms with Gasteiger partial charge in [0.15, 0.2) is 6.29 Å². The summed E-state index contributed by atoms with van der Waals surface area (Å²) in [7, 11) is 1.56. The number of carbonyl (C=O) groups is 1. The van der Waals surface area contributed by atoms with E-state index < -0.39 is 0 Å². The summed E-state index contributed by atoms with van der Waals surface area (Å²) in [6, 6.07) is 5.58. The maximum absolute atomic E-state index is 11.0. The number of ether oxygens (including phenoxy) is 1. The number of benzene rings is 1. The van der Waals surface area contributed by atoms with Crippen molar-refractivity contribution in [3.8, 4) is 16.9 Å². The fourth-order valence-corrected chi connectivity index (χ4v) is 1.96. The molecule has 0 saturated heterocycles. The number of nitrogens with zero attached hydrogens (tertiary/aromatic N) is 2. The molecule has 0 spiro atoms. The van der Waals surface area contributed by atoms with Crippen LogP contribution < -0.4 is 4.74 Å². The van der Waals surface area contributed by atoms with E-state index in [0.717, 1.165) is 29.7 Å². The van der Waals surface area contributed by atoms with E-state index in [1.54, 1.807) is 7.11 Å². The molecule has 2 aromatic rings. The molecule has 1 aromatic carbocycles. The van der Waals surface area contributed by atoms with Gasteiger partial charge in [0.05, 0.1) is 18.4 Å². The highest BCUT2D eigenvalue weighted by Gasteiger charge is 2.09. The van der Waals surface area contributed by atoms with Gasteiger partial charge in [-0.25, -0.2) is 0 Å². The lowest BCUT2D eigenvalue weighted by atomic mass is 10.0. The molecular formula is C14H16N2O2. The van der Waals surface area contributed by atoms with Crippen molar-refractivity contribution in [3.05, 3.63) is 35.7 Å². The van der Waals surface area contributed by atoms with Crippen LogP contribution in [0.1, 0.15) is 23.0 Å². The fraction of sp³-hybridized carbons (Fsp3) is 0.286. The van der Waals surface area contributed by atoms with Crippen LogP contribution in [0.4, 0.5) is 0 Å². The Morgan fingerprint density at radius 1 is 1.44 bits per heavy atom. The molecule has 1 heterocycles. The lowest BCUT2D eigenvalue weighted by Crippen LogP contribution is -1.93. The summed E-state index contributed by atoms with van der Waals surface area (Å²) < 4.78 is 7.02. The minimum Gasteiger partial charge on any atom is -0.496 e. The monoisotopic (exact) mass is 244 g/mol. The molecule has 94 valence electrons. The first-order valence-electron chi connectivity index (χ1n) is 5.87. The highest BCUT2D eigenvalue weighted by molar-refractivity contribution is 5.83. The molecule has 0 radical (unpaired) electrons. The summed E-state index contributed by atoms with van der Waals surface area (Å²) >= 11 is 0. The zero-order chi connectivity index (χ0) is 13.1. The summed E-state index contributed by atoms with van der Waals surface area (Å²) in [6.07, 6.45) is 2.80. The van der Waals surface area contributed by atoms with Gasteiger partial charge in [-0.3, -0.25) is 9.48 Å². The largest absolute Gasteiger partial charge is 0.496 e. The predicted molar refractivity (Wildman–Crippen MR) is 70.0 cm³/mol. The molecule has 0 amide bonds. The second-order valence-electron chi connectivity index (χ2n) is 4.06. The van der Waals surface area contributed by atoms with E-state index in [1.807, 2.05) is 42.9 Å². The van der Waals surface area contributed by atoms with Crippen molar-refractivity contribution in [1.29, 1.82) is 0 Å². The molecule has 0 aliphatic carbocycles. The number of methoxy groups -OCH3 is 1. The lowest BCUT2D eigenvalue weighted by molar-refractivity contribution is 0.112. The summed E-state index contributed by atoms with van der Waals surface area (Å²) in [4.78, 5) is 11.0. The average molecular weight is 244 g/mol. The molecule has 0 saturated carbocycles. The van der Waals surface area contributed by atoms with Crippen LogP contribution in [0, 0.1) is 6.92 Å². The molecule has 0 atom stereocenters. The van der Waals surface area contributed by atoms with E-state index in [1.165, 1.54) is 0 Å². The molecule has 0 fully saturated rings. The average Bonchev–Trinajstić information content (AvgIpc) is 2.79. The van der Waals surface area contributed by atoms with Gasteiger partial charge < -0.3 is 4.74 Å². The molecular weight excluding hydrogens is 228 g/mol. The number of aromatic nitrogens is 2. The summed E-state index contributed by atoms with van der Waals surface area (Å²) in [5.41, 5.74) is 3.54. The number of carbonyl (C=O) groups excluding carboxylic acids is 1. The Hall–Kier alpha value is -2.10. The van der Waals surface area contributed by atoms with E-state index in [-0.39, 0.29) is 0 Å². The predicted octanol–water partition coefficient (Wildman–Crippen LogP) is 2.70. The SMILES string of the molecule is CCn1cc(-c2ccc(OC)c(C=O)c2)c(C)n1. The van der Waals surface area contributed by atoms with Crippen LogP contribution in [-0.2, 0) is 6.54 Å². The van der Waals surface area contributed by atoms with Gasteiger partial charge in [-0.15, -0.1) is 0 Å². The van der Waals surface area contributed by atoms with Crippen LogP contribution in [0.15, 0.2) is 24.4 Å². The molecule has 1 aromatic heterocycles. The summed E-state index contributed by atoms with van der Waals surface area (Å²) in [5, 5.41) is 4.40. The zero-order valence-electron chi connectivity index (χ0n) is 10.8. The standard InChI is InChI=1S/C14H16N2O2/c1-4-16-8-13(10(2)15-16)11-5-6-14(18-3)12(7-11)9-17/h5-9H,4H2,1-3H3. The van der Waals surface area contributed by atoms with Crippen molar-refractivity contribution in [2.75, 3.05) is 7.11 Å². The molecule has 2 rings (SSSR count). The van der Waals surface area contributed by atoms with Gasteiger partial charge in [-0.2, -0.15) is 5.10 Å². The third kappa shape index (κ3) is 2.14. The van der Waals surface area contributed by atoms with E-state index in [9.17, 15) is 4.79 Å². The number of aldehydes is 1. The lowest BCUT2D eigenvalue weighted by Gasteiger charge is -2.05. The van der Waals surface area contributed by atoms with E-state index >= 15 is 0 Å². The fourth-order valence-electron chi connectivity index (χ4n) is 1.96. The number of aryl methyl sites for hydroxylation is 2. The Kier molecular flexibility index (Phi) is 3.46. The Morgan fingerprint density at radius 2 is 2.22 bits per heavy atom. The normalized spacial score (nSPS) is 10.4. The van der Waals surface area contributed by atoms with Crippen molar-refractivity contribution in [2.45, 2.75) is 20.4 Å².